The van der Waals surface area contributed by atoms with Gasteiger partial charge >= 0.3 is 0 Å². The van der Waals surface area contributed by atoms with Gasteiger partial charge in [-0.2, -0.15) is 5.26 Å². The number of pyridine rings is 1. The Labute approximate surface area is 122 Å². The number of aliphatic hydroxyl groups is 1. The molecular weight excluding hydrogens is 270 g/mol. The highest BCUT2D eigenvalue weighted by molar-refractivity contribution is 5.92. The predicted molar refractivity (Wildman–Crippen MR) is 73.5 cm³/mol. The fraction of sp³-hybridized carbons (Fsp3) is 0.533. The van der Waals surface area contributed by atoms with Crippen LogP contribution in [0.1, 0.15) is 47.7 Å². The number of nitrogens with one attached hydrogen (secondary N) is 1. The van der Waals surface area contributed by atoms with Crippen molar-refractivity contribution in [3.05, 3.63) is 23.4 Å². The summed E-state index contributed by atoms with van der Waals surface area (Å²) in [7, 11) is 0. The monoisotopic (exact) mass is 287 g/mol. The number of rotatable bonds is 6. The first-order valence-electron chi connectivity index (χ1n) is 7.19. The molecule has 0 spiro atoms. The van der Waals surface area contributed by atoms with E-state index < -0.39 is 12.1 Å². The van der Waals surface area contributed by atoms with Crippen LogP contribution in [0.15, 0.2) is 12.1 Å². The van der Waals surface area contributed by atoms with Gasteiger partial charge in [0, 0.05) is 5.56 Å². The van der Waals surface area contributed by atoms with E-state index in [0.29, 0.717) is 24.3 Å². The summed E-state index contributed by atoms with van der Waals surface area (Å²) in [6.45, 7) is 0.638. The first-order valence-corrected chi connectivity index (χ1v) is 7.19. The maximum absolute atomic E-state index is 11.9. The van der Waals surface area contributed by atoms with Crippen LogP contribution >= 0.6 is 0 Å². The highest BCUT2D eigenvalue weighted by Gasteiger charge is 2.30. The van der Waals surface area contributed by atoms with Crippen molar-refractivity contribution in [2.75, 3.05) is 6.61 Å². The van der Waals surface area contributed by atoms with Gasteiger partial charge in [-0.25, -0.2) is 4.98 Å². The van der Waals surface area contributed by atoms with Crippen LogP contribution in [0.4, 0.5) is 0 Å². The van der Waals surface area contributed by atoms with Crippen molar-refractivity contribution in [2.45, 2.75) is 37.8 Å². The van der Waals surface area contributed by atoms with E-state index in [2.05, 4.69) is 10.3 Å². The summed E-state index contributed by atoms with van der Waals surface area (Å²) >= 11 is 0. The zero-order valence-corrected chi connectivity index (χ0v) is 11.6. The Morgan fingerprint density at radius 3 is 2.86 bits per heavy atom. The lowest BCUT2D eigenvalue weighted by atomic mass is 10.1. The molecule has 0 aromatic carbocycles. The Hall–Kier alpha value is -2.13. The lowest BCUT2D eigenvalue weighted by molar-refractivity contribution is 0.0855. The first-order chi connectivity index (χ1) is 10.2. The molecule has 1 atom stereocenters. The molecule has 6 heteroatoms. The molecule has 2 N–H and O–H groups in total. The fourth-order valence-corrected chi connectivity index (χ4v) is 2.11. The summed E-state index contributed by atoms with van der Waals surface area (Å²) < 4.78 is 5.77. The van der Waals surface area contributed by atoms with Crippen molar-refractivity contribution in [3.8, 4) is 11.9 Å². The average molecular weight is 287 g/mol. The number of amides is 1. The lowest BCUT2D eigenvalue weighted by Crippen LogP contribution is -2.33. The minimum absolute atomic E-state index is 0.152. The minimum atomic E-state index is -1.53. The molecule has 2 fully saturated rings. The lowest BCUT2D eigenvalue weighted by Gasteiger charge is -2.12. The number of nitrogens with zero attached hydrogens (tertiary/aromatic N) is 2. The molecule has 2 aliphatic rings. The second-order valence-corrected chi connectivity index (χ2v) is 5.62. The van der Waals surface area contributed by atoms with Gasteiger partial charge in [-0.3, -0.25) is 4.79 Å². The molecule has 2 aliphatic carbocycles. The summed E-state index contributed by atoms with van der Waals surface area (Å²) in [5.41, 5.74) is 1.20. The van der Waals surface area contributed by atoms with E-state index in [4.69, 9.17) is 15.1 Å². The minimum Gasteiger partial charge on any atom is -0.477 e. The number of hydrogen-bond acceptors (Lipinski definition) is 5. The Morgan fingerprint density at radius 1 is 1.48 bits per heavy atom. The molecule has 1 amide bonds. The largest absolute Gasteiger partial charge is 0.477 e. The van der Waals surface area contributed by atoms with Crippen LogP contribution in [0.5, 0.6) is 5.88 Å². The van der Waals surface area contributed by atoms with E-state index >= 15 is 0 Å². The van der Waals surface area contributed by atoms with Gasteiger partial charge in [0.2, 0.25) is 12.1 Å². The number of aromatic nitrogens is 1. The molecule has 0 bridgehead atoms. The Morgan fingerprint density at radius 2 is 2.24 bits per heavy atom. The van der Waals surface area contributed by atoms with Gasteiger partial charge in [-0.05, 0) is 43.6 Å². The molecule has 1 aromatic rings. The zero-order chi connectivity index (χ0) is 14.8. The standard InChI is InChI=1S/C15H17N3O3/c16-7-13(19)18-14(20)12-6-5-11(10-3-4-10)15(17-12)21-8-9-1-2-9/h5-6,9-10,13,19H,1-4,8H2,(H,18,20)/t13-/m1/s1. The smallest absolute Gasteiger partial charge is 0.272 e. The maximum Gasteiger partial charge on any atom is 0.272 e. The van der Waals surface area contributed by atoms with Gasteiger partial charge in [-0.15, -0.1) is 0 Å². The third-order valence-electron chi connectivity index (χ3n) is 3.68. The maximum atomic E-state index is 11.9. The topological polar surface area (TPSA) is 95.2 Å². The van der Waals surface area contributed by atoms with E-state index in [1.54, 1.807) is 6.07 Å². The molecule has 0 aliphatic heterocycles. The third-order valence-corrected chi connectivity index (χ3v) is 3.68. The molecule has 2 saturated carbocycles. The number of carbonyl (C=O) groups excluding carboxylic acids is 1. The van der Waals surface area contributed by atoms with Gasteiger partial charge in [0.25, 0.3) is 5.91 Å². The predicted octanol–water partition coefficient (Wildman–Crippen LogP) is 1.32. The molecule has 0 radical (unpaired) electrons. The van der Waals surface area contributed by atoms with Crippen molar-refractivity contribution in [3.63, 3.8) is 0 Å². The van der Waals surface area contributed by atoms with E-state index in [1.807, 2.05) is 6.07 Å². The molecule has 6 nitrogen and oxygen atoms in total. The van der Waals surface area contributed by atoms with Crippen molar-refractivity contribution in [1.29, 1.82) is 5.26 Å². The van der Waals surface area contributed by atoms with Gasteiger partial charge in [0.1, 0.15) is 11.8 Å². The first kappa shape index (κ1) is 13.8. The SMILES string of the molecule is N#C[C@@H](O)NC(=O)c1ccc(C2CC2)c(OCC2CC2)n1. The van der Waals surface area contributed by atoms with Gasteiger partial charge < -0.3 is 15.2 Å². The normalized spacial score (nSPS) is 18.7. The van der Waals surface area contributed by atoms with E-state index in [9.17, 15) is 4.79 Å². The second kappa shape index (κ2) is 5.70. The van der Waals surface area contributed by atoms with Crippen LogP contribution in [0.3, 0.4) is 0 Å². The molecule has 0 unspecified atom stereocenters. The van der Waals surface area contributed by atoms with Crippen LogP contribution in [0, 0.1) is 17.2 Å². The zero-order valence-electron chi connectivity index (χ0n) is 11.6. The molecule has 1 heterocycles. The van der Waals surface area contributed by atoms with Crippen LogP contribution in [0.25, 0.3) is 0 Å². The fourth-order valence-electron chi connectivity index (χ4n) is 2.11. The van der Waals surface area contributed by atoms with Gasteiger partial charge in [0.05, 0.1) is 6.61 Å². The van der Waals surface area contributed by atoms with Crippen molar-refractivity contribution in [2.24, 2.45) is 5.92 Å². The third kappa shape index (κ3) is 3.50. The second-order valence-electron chi connectivity index (χ2n) is 5.62. The quantitative estimate of drug-likeness (QED) is 0.607. The number of aliphatic hydroxyl groups excluding tert-OH is 1. The number of carbonyl (C=O) groups is 1. The van der Waals surface area contributed by atoms with E-state index in [0.717, 1.165) is 18.4 Å². The Bertz CT molecular complexity index is 588. The summed E-state index contributed by atoms with van der Waals surface area (Å²) in [4.78, 5) is 16.1. The van der Waals surface area contributed by atoms with Crippen LogP contribution in [-0.4, -0.2) is 28.8 Å². The molecule has 3 rings (SSSR count). The molecule has 21 heavy (non-hydrogen) atoms. The molecule has 110 valence electrons. The highest BCUT2D eigenvalue weighted by atomic mass is 16.5. The van der Waals surface area contributed by atoms with Crippen molar-refractivity contribution in [1.82, 2.24) is 10.3 Å². The van der Waals surface area contributed by atoms with Crippen LogP contribution < -0.4 is 10.1 Å². The number of nitriles is 1. The summed E-state index contributed by atoms with van der Waals surface area (Å²) in [5, 5.41) is 19.8. The Kier molecular flexibility index (Phi) is 3.76. The summed E-state index contributed by atoms with van der Waals surface area (Å²) in [6, 6.07) is 5.00. The highest BCUT2D eigenvalue weighted by Crippen LogP contribution is 2.44. The number of ether oxygens (including phenoxy) is 1. The molecular formula is C15H17N3O3. The average Bonchev–Trinajstić information content (AvgIpc) is 3.38. The van der Waals surface area contributed by atoms with Crippen LogP contribution in [-0.2, 0) is 0 Å². The van der Waals surface area contributed by atoms with Crippen LogP contribution in [0.2, 0.25) is 0 Å². The van der Waals surface area contributed by atoms with Crippen molar-refractivity contribution < 1.29 is 14.6 Å². The number of hydrogen-bond donors (Lipinski definition) is 2. The molecule has 0 saturated heterocycles. The van der Waals surface area contributed by atoms with Gasteiger partial charge in [-0.1, -0.05) is 6.07 Å². The Balaban J connectivity index is 1.76. The summed E-state index contributed by atoms with van der Waals surface area (Å²) in [6.07, 6.45) is 3.10. The van der Waals surface area contributed by atoms with Crippen molar-refractivity contribution >= 4 is 5.91 Å². The van der Waals surface area contributed by atoms with Gasteiger partial charge in [0.15, 0.2) is 0 Å². The van der Waals surface area contributed by atoms with E-state index in [-0.39, 0.29) is 5.69 Å². The summed E-state index contributed by atoms with van der Waals surface area (Å²) in [5.74, 6) is 1.02. The van der Waals surface area contributed by atoms with E-state index in [1.165, 1.54) is 18.9 Å². The molecule has 1 aromatic heterocycles.